The molecule has 7 heteroatoms. The van der Waals surface area contributed by atoms with Gasteiger partial charge in [-0.25, -0.2) is 4.68 Å². The fraction of sp³-hybridized carbons (Fsp3) is 0.409. The van der Waals surface area contributed by atoms with Crippen molar-refractivity contribution in [1.29, 1.82) is 0 Å². The van der Waals surface area contributed by atoms with Gasteiger partial charge in [0, 0.05) is 19.5 Å². The fourth-order valence-electron chi connectivity index (χ4n) is 3.88. The third-order valence-corrected chi connectivity index (χ3v) is 5.42. The first kappa shape index (κ1) is 19.2. The number of nitrogens with one attached hydrogen (secondary N) is 1. The van der Waals surface area contributed by atoms with E-state index >= 15 is 0 Å². The highest BCUT2D eigenvalue weighted by Gasteiger charge is 2.29. The molecule has 4 rings (SSSR count). The first-order valence-electron chi connectivity index (χ1n) is 10.2. The van der Waals surface area contributed by atoms with Crippen molar-refractivity contribution in [3.05, 3.63) is 63.8 Å². The maximum Gasteiger partial charge on any atom is 0.295 e. The molecule has 2 heterocycles. The molecule has 0 bridgehead atoms. The Hall–Kier alpha value is -3.09. The summed E-state index contributed by atoms with van der Waals surface area (Å²) >= 11 is 0. The Labute approximate surface area is 169 Å². The molecule has 0 aliphatic heterocycles. The molecule has 1 fully saturated rings. The lowest BCUT2D eigenvalue weighted by atomic mass is 10.1. The number of amides is 1. The van der Waals surface area contributed by atoms with Crippen LogP contribution in [-0.2, 0) is 13.6 Å². The number of benzene rings is 1. The molecule has 1 N–H and O–H groups in total. The first-order valence-corrected chi connectivity index (χ1v) is 10.2. The summed E-state index contributed by atoms with van der Waals surface area (Å²) in [5.74, 6) is 0.231. The molecule has 0 saturated heterocycles. The van der Waals surface area contributed by atoms with Crippen LogP contribution in [-0.4, -0.2) is 25.1 Å². The molecular weight excluding hydrogens is 366 g/mol. The minimum Gasteiger partial charge on any atom is -0.314 e. The lowest BCUT2D eigenvalue weighted by Crippen LogP contribution is -2.24. The summed E-state index contributed by atoms with van der Waals surface area (Å²) in [7, 11) is 1.85. The van der Waals surface area contributed by atoms with E-state index in [1.165, 1.54) is 0 Å². The van der Waals surface area contributed by atoms with E-state index in [0.29, 0.717) is 23.8 Å². The van der Waals surface area contributed by atoms with Crippen LogP contribution in [0, 0.1) is 0 Å². The molecule has 0 unspecified atom stereocenters. The molecule has 1 aliphatic carbocycles. The Morgan fingerprint density at radius 3 is 2.52 bits per heavy atom. The SMILES string of the molecule is CCn1nc(C2CC2)cc1C(=O)Nc1c(C(C)C)n(C)n(-c2ccccc2)c1=O. The van der Waals surface area contributed by atoms with E-state index in [1.807, 2.05) is 68.9 Å². The van der Waals surface area contributed by atoms with Gasteiger partial charge in [0.2, 0.25) is 0 Å². The smallest absolute Gasteiger partial charge is 0.295 e. The highest BCUT2D eigenvalue weighted by atomic mass is 16.2. The minimum absolute atomic E-state index is 0.0612. The maximum absolute atomic E-state index is 13.3. The van der Waals surface area contributed by atoms with E-state index in [0.717, 1.165) is 29.9 Å². The number of hydrogen-bond acceptors (Lipinski definition) is 3. The van der Waals surface area contributed by atoms with Crippen LogP contribution in [0.5, 0.6) is 0 Å². The third kappa shape index (κ3) is 3.41. The van der Waals surface area contributed by atoms with Gasteiger partial charge >= 0.3 is 0 Å². The molecule has 29 heavy (non-hydrogen) atoms. The Morgan fingerprint density at radius 1 is 1.24 bits per heavy atom. The van der Waals surface area contributed by atoms with Crippen molar-refractivity contribution >= 4 is 11.6 Å². The van der Waals surface area contributed by atoms with Crippen LogP contribution in [0.1, 0.15) is 67.3 Å². The van der Waals surface area contributed by atoms with Gasteiger partial charge in [-0.1, -0.05) is 32.0 Å². The number of carbonyl (C=O) groups excluding carboxylic acids is 1. The van der Waals surface area contributed by atoms with Crippen molar-refractivity contribution in [2.75, 3.05) is 5.32 Å². The van der Waals surface area contributed by atoms with E-state index in [-0.39, 0.29) is 17.4 Å². The quantitative estimate of drug-likeness (QED) is 0.695. The summed E-state index contributed by atoms with van der Waals surface area (Å²) in [6.07, 6.45) is 2.25. The number of nitrogens with zero attached hydrogens (tertiary/aromatic N) is 4. The van der Waals surface area contributed by atoms with E-state index in [1.54, 1.807) is 9.36 Å². The number of rotatable bonds is 6. The first-order chi connectivity index (χ1) is 13.9. The molecule has 3 aromatic rings. The molecule has 0 radical (unpaired) electrons. The zero-order valence-corrected chi connectivity index (χ0v) is 17.3. The average Bonchev–Trinajstić information content (AvgIpc) is 3.41. The fourth-order valence-corrected chi connectivity index (χ4v) is 3.88. The van der Waals surface area contributed by atoms with Crippen molar-refractivity contribution in [1.82, 2.24) is 19.1 Å². The van der Waals surface area contributed by atoms with Gasteiger partial charge in [-0.15, -0.1) is 0 Å². The number of para-hydroxylation sites is 1. The van der Waals surface area contributed by atoms with Gasteiger partial charge < -0.3 is 5.32 Å². The standard InChI is InChI=1S/C22H27N5O2/c1-5-26-18(13-17(24-26)15-11-12-15)21(28)23-19-20(14(2)3)25(4)27(22(19)29)16-9-7-6-8-10-16/h6-10,13-15H,5,11-12H2,1-4H3,(H,23,28). The number of aromatic nitrogens is 4. The predicted octanol–water partition coefficient (Wildman–Crippen LogP) is 3.65. The van der Waals surface area contributed by atoms with Crippen LogP contribution in [0.3, 0.4) is 0 Å². The summed E-state index contributed by atoms with van der Waals surface area (Å²) in [6, 6.07) is 11.3. The summed E-state index contributed by atoms with van der Waals surface area (Å²) in [6.45, 7) is 6.60. The second-order valence-electron chi connectivity index (χ2n) is 7.89. The minimum atomic E-state index is -0.295. The van der Waals surface area contributed by atoms with Crippen molar-refractivity contribution in [3.8, 4) is 5.69 Å². The second-order valence-corrected chi connectivity index (χ2v) is 7.89. The number of anilines is 1. The predicted molar refractivity (Wildman–Crippen MR) is 113 cm³/mol. The van der Waals surface area contributed by atoms with Crippen LogP contribution in [0.2, 0.25) is 0 Å². The van der Waals surface area contributed by atoms with Crippen LogP contribution in [0.15, 0.2) is 41.2 Å². The van der Waals surface area contributed by atoms with Crippen LogP contribution in [0.4, 0.5) is 5.69 Å². The number of hydrogen-bond donors (Lipinski definition) is 1. The summed E-state index contributed by atoms with van der Waals surface area (Å²) in [5.41, 5.74) is 3.11. The highest BCUT2D eigenvalue weighted by Crippen LogP contribution is 2.39. The number of aryl methyl sites for hydroxylation is 1. The largest absolute Gasteiger partial charge is 0.314 e. The van der Waals surface area contributed by atoms with Gasteiger partial charge in [-0.2, -0.15) is 5.10 Å². The van der Waals surface area contributed by atoms with Gasteiger partial charge in [0.25, 0.3) is 11.5 Å². The van der Waals surface area contributed by atoms with Crippen molar-refractivity contribution in [2.24, 2.45) is 7.05 Å². The zero-order chi connectivity index (χ0) is 20.7. The topological polar surface area (TPSA) is 73.8 Å². The molecule has 0 spiro atoms. The van der Waals surface area contributed by atoms with E-state index in [4.69, 9.17) is 0 Å². The Balaban J connectivity index is 1.75. The van der Waals surface area contributed by atoms with E-state index in [9.17, 15) is 9.59 Å². The van der Waals surface area contributed by atoms with Gasteiger partial charge in [0.05, 0.1) is 17.1 Å². The maximum atomic E-state index is 13.3. The molecule has 0 atom stereocenters. The van der Waals surface area contributed by atoms with Crippen molar-refractivity contribution in [2.45, 2.75) is 52.0 Å². The van der Waals surface area contributed by atoms with Crippen molar-refractivity contribution < 1.29 is 4.79 Å². The summed E-state index contributed by atoms with van der Waals surface area (Å²) in [4.78, 5) is 26.4. The Bertz CT molecular complexity index is 1100. The molecule has 2 aromatic heterocycles. The molecule has 1 aliphatic rings. The van der Waals surface area contributed by atoms with Gasteiger partial charge in [-0.3, -0.25) is 19.0 Å². The molecule has 152 valence electrons. The van der Waals surface area contributed by atoms with E-state index < -0.39 is 0 Å². The molecule has 1 saturated carbocycles. The molecule has 1 aromatic carbocycles. The van der Waals surface area contributed by atoms with E-state index in [2.05, 4.69) is 10.4 Å². The van der Waals surface area contributed by atoms with Gasteiger partial charge in [-0.05, 0) is 43.9 Å². The highest BCUT2D eigenvalue weighted by molar-refractivity contribution is 6.03. The zero-order valence-electron chi connectivity index (χ0n) is 17.3. The van der Waals surface area contributed by atoms with Crippen LogP contribution in [0.25, 0.3) is 5.69 Å². The molecular formula is C22H27N5O2. The normalized spacial score (nSPS) is 13.8. The monoisotopic (exact) mass is 393 g/mol. The average molecular weight is 393 g/mol. The Morgan fingerprint density at radius 2 is 1.93 bits per heavy atom. The Kier molecular flexibility index (Phi) is 4.90. The van der Waals surface area contributed by atoms with Crippen molar-refractivity contribution in [3.63, 3.8) is 0 Å². The summed E-state index contributed by atoms with van der Waals surface area (Å²) < 4.78 is 5.14. The summed E-state index contributed by atoms with van der Waals surface area (Å²) in [5, 5.41) is 7.47. The number of carbonyl (C=O) groups is 1. The van der Waals surface area contributed by atoms with Crippen LogP contribution < -0.4 is 10.9 Å². The van der Waals surface area contributed by atoms with Gasteiger partial charge in [0.1, 0.15) is 11.4 Å². The lowest BCUT2D eigenvalue weighted by Gasteiger charge is -2.13. The van der Waals surface area contributed by atoms with Crippen LogP contribution >= 0.6 is 0 Å². The second kappa shape index (κ2) is 7.39. The van der Waals surface area contributed by atoms with Gasteiger partial charge in [0.15, 0.2) is 0 Å². The third-order valence-electron chi connectivity index (χ3n) is 5.42. The molecule has 1 amide bonds. The lowest BCUT2D eigenvalue weighted by molar-refractivity contribution is 0.101. The molecule has 7 nitrogen and oxygen atoms in total.